The third kappa shape index (κ3) is 5.40. The molecule has 0 bridgehead atoms. The summed E-state index contributed by atoms with van der Waals surface area (Å²) in [4.78, 5) is 10.5. The van der Waals surface area contributed by atoms with Gasteiger partial charge in [-0.25, -0.2) is 13.1 Å². The minimum atomic E-state index is -3.53. The first kappa shape index (κ1) is 15.7. The van der Waals surface area contributed by atoms with E-state index in [-0.39, 0.29) is 24.3 Å². The molecular formula is C13H19NO4S. The first-order chi connectivity index (χ1) is 8.95. The molecule has 0 radical (unpaired) electrons. The molecule has 0 aliphatic carbocycles. The molecule has 0 atom stereocenters. The fraction of sp³-hybridized carbons (Fsp3) is 0.462. The van der Waals surface area contributed by atoms with Crippen molar-refractivity contribution in [2.75, 3.05) is 6.54 Å². The maximum absolute atomic E-state index is 11.9. The zero-order chi connectivity index (χ0) is 14.3. The Morgan fingerprint density at radius 3 is 2.42 bits per heavy atom. The van der Waals surface area contributed by atoms with E-state index in [9.17, 15) is 13.2 Å². The van der Waals surface area contributed by atoms with Gasteiger partial charge in [-0.15, -0.1) is 0 Å². The second-order valence-corrected chi connectivity index (χ2v) is 6.06. The second kappa shape index (κ2) is 7.25. The van der Waals surface area contributed by atoms with Crippen molar-refractivity contribution in [3.63, 3.8) is 0 Å². The quantitative estimate of drug-likeness (QED) is 0.713. The molecule has 0 saturated carbocycles. The zero-order valence-electron chi connectivity index (χ0n) is 10.9. The Morgan fingerprint density at radius 1 is 1.26 bits per heavy atom. The summed E-state index contributed by atoms with van der Waals surface area (Å²) in [5.74, 6) is -0.928. The van der Waals surface area contributed by atoms with Gasteiger partial charge in [-0.1, -0.05) is 25.5 Å². The number of hydrogen-bond donors (Lipinski definition) is 2. The Bertz CT molecular complexity index is 508. The molecule has 0 fully saturated rings. The van der Waals surface area contributed by atoms with Crippen molar-refractivity contribution in [2.24, 2.45) is 0 Å². The molecular weight excluding hydrogens is 266 g/mol. The summed E-state index contributed by atoms with van der Waals surface area (Å²) >= 11 is 0. The molecule has 0 saturated heterocycles. The summed E-state index contributed by atoms with van der Waals surface area (Å²) in [5, 5.41) is 8.46. The highest BCUT2D eigenvalue weighted by Crippen LogP contribution is 2.11. The summed E-state index contributed by atoms with van der Waals surface area (Å²) in [6.07, 6.45) is 2.17. The van der Waals surface area contributed by atoms with Crippen molar-refractivity contribution in [1.82, 2.24) is 4.72 Å². The molecule has 106 valence electrons. The lowest BCUT2D eigenvalue weighted by Crippen LogP contribution is -2.25. The number of aliphatic carboxylic acids is 1. The molecule has 1 rings (SSSR count). The summed E-state index contributed by atoms with van der Waals surface area (Å²) in [5.41, 5.74) is 1.10. The molecule has 19 heavy (non-hydrogen) atoms. The van der Waals surface area contributed by atoms with Crippen LogP contribution in [0.15, 0.2) is 29.2 Å². The molecule has 0 spiro atoms. The molecule has 0 aromatic heterocycles. The number of aryl methyl sites for hydroxylation is 1. The molecule has 0 aliphatic heterocycles. The van der Waals surface area contributed by atoms with Gasteiger partial charge in [0.05, 0.1) is 4.90 Å². The number of carboxylic acid groups (broad SMARTS) is 1. The summed E-state index contributed by atoms with van der Waals surface area (Å²) < 4.78 is 26.2. The van der Waals surface area contributed by atoms with Gasteiger partial charge in [0.15, 0.2) is 0 Å². The lowest BCUT2D eigenvalue weighted by molar-refractivity contribution is -0.137. The van der Waals surface area contributed by atoms with Gasteiger partial charge in [0.25, 0.3) is 0 Å². The summed E-state index contributed by atoms with van der Waals surface area (Å²) in [6, 6.07) is 6.75. The molecule has 1 aromatic rings. The second-order valence-electron chi connectivity index (χ2n) is 4.29. The van der Waals surface area contributed by atoms with Crippen molar-refractivity contribution in [3.8, 4) is 0 Å². The standard InChI is InChI=1S/C13H19NO4S/c1-2-4-11-6-8-12(9-7-11)19(17,18)14-10-3-5-13(15)16/h6-9,14H,2-5,10H2,1H3,(H,15,16). The number of hydrogen-bond acceptors (Lipinski definition) is 3. The number of nitrogens with one attached hydrogen (secondary N) is 1. The van der Waals surface area contributed by atoms with Crippen LogP contribution in [0.2, 0.25) is 0 Å². The predicted molar refractivity (Wildman–Crippen MR) is 72.5 cm³/mol. The van der Waals surface area contributed by atoms with Crippen LogP contribution in [0.25, 0.3) is 0 Å². The monoisotopic (exact) mass is 285 g/mol. The number of carboxylic acids is 1. The zero-order valence-corrected chi connectivity index (χ0v) is 11.7. The van der Waals surface area contributed by atoms with Gasteiger partial charge in [0.1, 0.15) is 0 Å². The predicted octanol–water partition coefficient (Wildman–Crippen LogP) is 1.78. The smallest absolute Gasteiger partial charge is 0.303 e. The normalized spacial score (nSPS) is 11.4. The third-order valence-electron chi connectivity index (χ3n) is 2.63. The van der Waals surface area contributed by atoms with Crippen LogP contribution < -0.4 is 4.72 Å². The fourth-order valence-corrected chi connectivity index (χ4v) is 2.73. The Labute approximate surface area is 113 Å². The van der Waals surface area contributed by atoms with Gasteiger partial charge in [-0.3, -0.25) is 4.79 Å². The van der Waals surface area contributed by atoms with Crippen LogP contribution >= 0.6 is 0 Å². The van der Waals surface area contributed by atoms with Gasteiger partial charge >= 0.3 is 5.97 Å². The molecule has 0 heterocycles. The van der Waals surface area contributed by atoms with E-state index >= 15 is 0 Å². The van der Waals surface area contributed by atoms with Crippen LogP contribution in [0.1, 0.15) is 31.7 Å². The van der Waals surface area contributed by atoms with E-state index in [1.165, 1.54) is 0 Å². The highest BCUT2D eigenvalue weighted by Gasteiger charge is 2.13. The maximum Gasteiger partial charge on any atom is 0.303 e. The van der Waals surface area contributed by atoms with E-state index in [1.807, 2.05) is 0 Å². The lowest BCUT2D eigenvalue weighted by Gasteiger charge is -2.07. The van der Waals surface area contributed by atoms with Gasteiger partial charge in [-0.2, -0.15) is 0 Å². The third-order valence-corrected chi connectivity index (χ3v) is 4.11. The first-order valence-electron chi connectivity index (χ1n) is 6.26. The van der Waals surface area contributed by atoms with E-state index in [0.29, 0.717) is 0 Å². The van der Waals surface area contributed by atoms with Crippen LogP contribution in [0, 0.1) is 0 Å². The highest BCUT2D eigenvalue weighted by atomic mass is 32.2. The molecule has 0 aliphatic rings. The van der Waals surface area contributed by atoms with Gasteiger partial charge in [-0.05, 0) is 30.5 Å². The number of rotatable bonds is 8. The SMILES string of the molecule is CCCc1ccc(S(=O)(=O)NCCCC(=O)O)cc1. The van der Waals surface area contributed by atoms with Gasteiger partial charge in [0, 0.05) is 13.0 Å². The van der Waals surface area contributed by atoms with E-state index in [4.69, 9.17) is 5.11 Å². The van der Waals surface area contributed by atoms with E-state index in [0.717, 1.165) is 18.4 Å². The van der Waals surface area contributed by atoms with Crippen molar-refractivity contribution >= 4 is 16.0 Å². The topological polar surface area (TPSA) is 83.5 Å². The minimum Gasteiger partial charge on any atom is -0.481 e. The fourth-order valence-electron chi connectivity index (χ4n) is 1.65. The van der Waals surface area contributed by atoms with Crippen LogP contribution in [0.4, 0.5) is 0 Å². The Morgan fingerprint density at radius 2 is 1.89 bits per heavy atom. The maximum atomic E-state index is 11.9. The number of sulfonamides is 1. The highest BCUT2D eigenvalue weighted by molar-refractivity contribution is 7.89. The van der Waals surface area contributed by atoms with Crippen molar-refractivity contribution in [2.45, 2.75) is 37.5 Å². The molecule has 0 amide bonds. The Hall–Kier alpha value is -1.40. The van der Waals surface area contributed by atoms with Crippen LogP contribution in [0.3, 0.4) is 0 Å². The van der Waals surface area contributed by atoms with Gasteiger partial charge < -0.3 is 5.11 Å². The minimum absolute atomic E-state index is 0.0437. The molecule has 5 nitrogen and oxygen atoms in total. The Kier molecular flexibility index (Phi) is 5.98. The number of benzene rings is 1. The van der Waals surface area contributed by atoms with E-state index in [1.54, 1.807) is 24.3 Å². The summed E-state index contributed by atoms with van der Waals surface area (Å²) in [6.45, 7) is 2.19. The molecule has 1 aromatic carbocycles. The largest absolute Gasteiger partial charge is 0.481 e. The Balaban J connectivity index is 2.59. The van der Waals surface area contributed by atoms with Crippen LogP contribution in [-0.2, 0) is 21.2 Å². The summed E-state index contributed by atoms with van der Waals surface area (Å²) in [7, 11) is -3.53. The van der Waals surface area contributed by atoms with Crippen LogP contribution in [-0.4, -0.2) is 26.0 Å². The molecule has 0 unspecified atom stereocenters. The number of carbonyl (C=O) groups is 1. The average molecular weight is 285 g/mol. The lowest BCUT2D eigenvalue weighted by atomic mass is 10.1. The van der Waals surface area contributed by atoms with E-state index in [2.05, 4.69) is 11.6 Å². The van der Waals surface area contributed by atoms with Crippen LogP contribution in [0.5, 0.6) is 0 Å². The average Bonchev–Trinajstić information content (AvgIpc) is 2.36. The van der Waals surface area contributed by atoms with E-state index < -0.39 is 16.0 Å². The van der Waals surface area contributed by atoms with Gasteiger partial charge in [0.2, 0.25) is 10.0 Å². The van der Waals surface area contributed by atoms with Crippen molar-refractivity contribution in [3.05, 3.63) is 29.8 Å². The van der Waals surface area contributed by atoms with Crippen molar-refractivity contribution < 1.29 is 18.3 Å². The first-order valence-corrected chi connectivity index (χ1v) is 7.74. The molecule has 6 heteroatoms. The molecule has 2 N–H and O–H groups in total. The van der Waals surface area contributed by atoms with Crippen molar-refractivity contribution in [1.29, 1.82) is 0 Å².